The van der Waals surface area contributed by atoms with Crippen molar-refractivity contribution in [3.8, 4) is 6.07 Å². The van der Waals surface area contributed by atoms with Crippen LogP contribution in [0.25, 0.3) is 0 Å². The van der Waals surface area contributed by atoms with Crippen molar-refractivity contribution < 1.29 is 5.11 Å². The minimum absolute atomic E-state index is 0.351. The summed E-state index contributed by atoms with van der Waals surface area (Å²) in [7, 11) is 0. The topological polar surface area (TPSA) is 81.8 Å². The van der Waals surface area contributed by atoms with E-state index in [4.69, 9.17) is 16.9 Å². The molecule has 3 rings (SSSR count). The molecule has 0 aliphatic rings. The molecule has 0 aliphatic carbocycles. The molecular weight excluding hydrogens is 336 g/mol. The van der Waals surface area contributed by atoms with Gasteiger partial charge in [-0.15, -0.1) is 0 Å². The quantitative estimate of drug-likeness (QED) is 0.743. The van der Waals surface area contributed by atoms with Gasteiger partial charge in [0.25, 0.3) is 0 Å². The van der Waals surface area contributed by atoms with Gasteiger partial charge < -0.3 is 10.4 Å². The SMILES string of the molecule is CC(O)(c1cccc(Cl)c1)c1ccnc(Nc2ccc(C#N)cc2)n1. The Kier molecular flexibility index (Phi) is 4.66. The average molecular weight is 351 g/mol. The maximum Gasteiger partial charge on any atom is 0.227 e. The van der Waals surface area contributed by atoms with Crippen LogP contribution in [-0.4, -0.2) is 15.1 Å². The van der Waals surface area contributed by atoms with Gasteiger partial charge in [0.05, 0.1) is 17.3 Å². The Morgan fingerprint density at radius 1 is 1.16 bits per heavy atom. The first-order valence-electron chi connectivity index (χ1n) is 7.58. The van der Waals surface area contributed by atoms with Crippen LogP contribution >= 0.6 is 11.6 Å². The molecule has 25 heavy (non-hydrogen) atoms. The van der Waals surface area contributed by atoms with Crippen LogP contribution in [0.5, 0.6) is 0 Å². The zero-order valence-electron chi connectivity index (χ0n) is 13.4. The van der Waals surface area contributed by atoms with Crippen LogP contribution in [0, 0.1) is 11.3 Å². The highest BCUT2D eigenvalue weighted by Gasteiger charge is 2.28. The minimum Gasteiger partial charge on any atom is -0.379 e. The van der Waals surface area contributed by atoms with E-state index >= 15 is 0 Å². The van der Waals surface area contributed by atoms with E-state index < -0.39 is 5.60 Å². The molecule has 2 aromatic carbocycles. The second-order valence-electron chi connectivity index (χ2n) is 5.66. The Hall–Kier alpha value is -2.94. The van der Waals surface area contributed by atoms with Crippen molar-refractivity contribution >= 4 is 23.2 Å². The van der Waals surface area contributed by atoms with Gasteiger partial charge in [0.2, 0.25) is 5.95 Å². The maximum absolute atomic E-state index is 10.9. The van der Waals surface area contributed by atoms with Crippen LogP contribution in [0.4, 0.5) is 11.6 Å². The summed E-state index contributed by atoms with van der Waals surface area (Å²) in [5.74, 6) is 0.351. The molecule has 5 nitrogen and oxygen atoms in total. The molecule has 1 unspecified atom stereocenters. The third kappa shape index (κ3) is 3.77. The number of nitrogens with one attached hydrogen (secondary N) is 1. The van der Waals surface area contributed by atoms with Gasteiger partial charge in [-0.1, -0.05) is 23.7 Å². The third-order valence-electron chi connectivity index (χ3n) is 3.81. The van der Waals surface area contributed by atoms with Crippen molar-refractivity contribution in [1.82, 2.24) is 9.97 Å². The Morgan fingerprint density at radius 2 is 1.92 bits per heavy atom. The molecule has 0 spiro atoms. The minimum atomic E-state index is -1.31. The summed E-state index contributed by atoms with van der Waals surface area (Å²) in [6.07, 6.45) is 1.58. The first-order valence-corrected chi connectivity index (χ1v) is 7.96. The number of hydrogen-bond donors (Lipinski definition) is 2. The fourth-order valence-corrected chi connectivity index (χ4v) is 2.58. The smallest absolute Gasteiger partial charge is 0.227 e. The molecule has 0 amide bonds. The zero-order chi connectivity index (χ0) is 17.9. The highest BCUT2D eigenvalue weighted by molar-refractivity contribution is 6.30. The van der Waals surface area contributed by atoms with Crippen LogP contribution in [0.1, 0.15) is 23.7 Å². The van der Waals surface area contributed by atoms with Crippen LogP contribution in [0.2, 0.25) is 5.02 Å². The Morgan fingerprint density at radius 3 is 2.60 bits per heavy atom. The van der Waals surface area contributed by atoms with E-state index in [2.05, 4.69) is 21.4 Å². The molecule has 3 aromatic rings. The lowest BCUT2D eigenvalue weighted by Gasteiger charge is -2.23. The molecular formula is C19H15ClN4O. The predicted octanol–water partition coefficient (Wildman–Crippen LogP) is 4.00. The van der Waals surface area contributed by atoms with E-state index in [9.17, 15) is 5.11 Å². The Bertz CT molecular complexity index is 933. The van der Waals surface area contributed by atoms with Gasteiger partial charge in [-0.2, -0.15) is 5.26 Å². The summed E-state index contributed by atoms with van der Waals surface area (Å²) < 4.78 is 0. The summed E-state index contributed by atoms with van der Waals surface area (Å²) in [6.45, 7) is 1.66. The van der Waals surface area contributed by atoms with Gasteiger partial charge in [0.15, 0.2) is 0 Å². The van der Waals surface area contributed by atoms with Crippen molar-refractivity contribution in [3.63, 3.8) is 0 Å². The molecule has 2 N–H and O–H groups in total. The number of anilines is 2. The van der Waals surface area contributed by atoms with E-state index in [0.717, 1.165) is 5.69 Å². The second-order valence-corrected chi connectivity index (χ2v) is 6.10. The number of benzene rings is 2. The molecule has 1 atom stereocenters. The van der Waals surface area contributed by atoms with E-state index in [1.165, 1.54) is 0 Å². The molecule has 0 radical (unpaired) electrons. The zero-order valence-corrected chi connectivity index (χ0v) is 14.2. The fraction of sp³-hybridized carbons (Fsp3) is 0.105. The van der Waals surface area contributed by atoms with Gasteiger partial charge in [-0.25, -0.2) is 9.97 Å². The molecule has 124 valence electrons. The molecule has 6 heteroatoms. The number of nitrogens with zero attached hydrogens (tertiary/aromatic N) is 3. The first kappa shape index (κ1) is 16.9. The standard InChI is InChI=1S/C19H15ClN4O/c1-19(25,14-3-2-4-15(20)11-14)17-9-10-22-18(24-17)23-16-7-5-13(12-21)6-8-16/h2-11,25H,1H3,(H,22,23,24). The summed E-state index contributed by atoms with van der Waals surface area (Å²) in [5, 5.41) is 23.4. The van der Waals surface area contributed by atoms with Crippen molar-refractivity contribution in [2.45, 2.75) is 12.5 Å². The van der Waals surface area contributed by atoms with Crippen molar-refractivity contribution in [2.75, 3.05) is 5.32 Å². The summed E-state index contributed by atoms with van der Waals surface area (Å²) in [6, 6.07) is 17.7. The van der Waals surface area contributed by atoms with Crippen LogP contribution in [0.15, 0.2) is 60.8 Å². The maximum atomic E-state index is 10.9. The summed E-state index contributed by atoms with van der Waals surface area (Å²) >= 11 is 6.02. The van der Waals surface area contributed by atoms with Gasteiger partial charge in [0, 0.05) is 16.9 Å². The molecule has 0 fully saturated rings. The molecule has 1 heterocycles. The average Bonchev–Trinajstić information content (AvgIpc) is 2.62. The van der Waals surface area contributed by atoms with Crippen LogP contribution in [-0.2, 0) is 5.60 Å². The number of hydrogen-bond acceptors (Lipinski definition) is 5. The van der Waals surface area contributed by atoms with Crippen molar-refractivity contribution in [1.29, 1.82) is 5.26 Å². The number of halogens is 1. The van der Waals surface area contributed by atoms with Gasteiger partial charge in [-0.05, 0) is 55.0 Å². The summed E-state index contributed by atoms with van der Waals surface area (Å²) in [5.41, 5.74) is 1.10. The predicted molar refractivity (Wildman–Crippen MR) is 96.6 cm³/mol. The molecule has 0 aliphatic heterocycles. The summed E-state index contributed by atoms with van der Waals surface area (Å²) in [4.78, 5) is 8.59. The van der Waals surface area contributed by atoms with Gasteiger partial charge >= 0.3 is 0 Å². The molecule has 1 aromatic heterocycles. The lowest BCUT2D eigenvalue weighted by Crippen LogP contribution is -2.24. The Labute approximate surface area is 150 Å². The second kappa shape index (κ2) is 6.89. The number of rotatable bonds is 4. The van der Waals surface area contributed by atoms with E-state index in [1.54, 1.807) is 67.7 Å². The number of aromatic nitrogens is 2. The van der Waals surface area contributed by atoms with Gasteiger partial charge in [-0.3, -0.25) is 0 Å². The molecule has 0 saturated heterocycles. The highest BCUT2D eigenvalue weighted by atomic mass is 35.5. The number of aliphatic hydroxyl groups is 1. The molecule has 0 bridgehead atoms. The van der Waals surface area contributed by atoms with Crippen molar-refractivity contribution in [2.24, 2.45) is 0 Å². The van der Waals surface area contributed by atoms with E-state index in [0.29, 0.717) is 27.8 Å². The normalized spacial score (nSPS) is 12.9. The van der Waals surface area contributed by atoms with E-state index in [-0.39, 0.29) is 0 Å². The highest BCUT2D eigenvalue weighted by Crippen LogP contribution is 2.29. The van der Waals surface area contributed by atoms with Crippen LogP contribution in [0.3, 0.4) is 0 Å². The first-order chi connectivity index (χ1) is 12.0. The third-order valence-corrected chi connectivity index (χ3v) is 4.05. The Balaban J connectivity index is 1.89. The lowest BCUT2D eigenvalue weighted by molar-refractivity contribution is 0.0974. The van der Waals surface area contributed by atoms with Crippen LogP contribution < -0.4 is 5.32 Å². The van der Waals surface area contributed by atoms with Crippen molar-refractivity contribution in [3.05, 3.63) is 82.6 Å². The van der Waals surface area contributed by atoms with Gasteiger partial charge in [0.1, 0.15) is 5.60 Å². The lowest BCUT2D eigenvalue weighted by atomic mass is 9.92. The van der Waals surface area contributed by atoms with E-state index in [1.807, 2.05) is 0 Å². The monoisotopic (exact) mass is 350 g/mol. The number of nitriles is 1. The molecule has 0 saturated carbocycles. The fourth-order valence-electron chi connectivity index (χ4n) is 2.39. The largest absolute Gasteiger partial charge is 0.379 e.